The quantitative estimate of drug-likeness (QED) is 0.722. The second kappa shape index (κ2) is 4.68. The van der Waals surface area contributed by atoms with Gasteiger partial charge in [-0.25, -0.2) is 4.39 Å². The van der Waals surface area contributed by atoms with Gasteiger partial charge in [0.1, 0.15) is 5.82 Å². The normalized spacial score (nSPS) is 10.3. The molecule has 0 saturated carbocycles. The summed E-state index contributed by atoms with van der Waals surface area (Å²) in [5.41, 5.74) is 1.41. The first-order valence-corrected chi connectivity index (χ1v) is 5.53. The highest BCUT2D eigenvalue weighted by Gasteiger charge is 2.14. The number of halogens is 2. The number of hydrogen-bond donors (Lipinski definition) is 0. The molecular weight excluding hydrogens is 239 g/mol. The van der Waals surface area contributed by atoms with Gasteiger partial charge in [0.05, 0.1) is 5.56 Å². The minimum atomic E-state index is -0.505. The van der Waals surface area contributed by atoms with Crippen LogP contribution >= 0.6 is 11.6 Å². The molecule has 0 aliphatic carbocycles. The molecule has 2 aromatic rings. The lowest BCUT2D eigenvalue weighted by molar-refractivity contribution is 0.101. The highest BCUT2D eigenvalue weighted by atomic mass is 35.5. The van der Waals surface area contributed by atoms with Gasteiger partial charge in [0.15, 0.2) is 5.78 Å². The molecule has 0 amide bonds. The average Bonchev–Trinajstić information content (AvgIpc) is 2.28. The van der Waals surface area contributed by atoms with Crippen LogP contribution < -0.4 is 0 Å². The van der Waals surface area contributed by atoms with Gasteiger partial charge in [-0.2, -0.15) is 0 Å². The van der Waals surface area contributed by atoms with E-state index in [9.17, 15) is 9.18 Å². The first-order valence-electron chi connectivity index (χ1n) is 5.15. The topological polar surface area (TPSA) is 17.1 Å². The second-order valence-corrected chi connectivity index (χ2v) is 4.17. The fourth-order valence-corrected chi connectivity index (χ4v) is 1.97. The third-order valence-corrected chi connectivity index (χ3v) is 2.74. The molecule has 0 saturated heterocycles. The lowest BCUT2D eigenvalue weighted by atomic mass is 9.97. The molecular formula is C14H10ClFO. The number of benzene rings is 2. The number of carbonyl (C=O) groups is 1. The number of hydrogen-bond acceptors (Lipinski definition) is 1. The van der Waals surface area contributed by atoms with Crippen molar-refractivity contribution in [3.63, 3.8) is 0 Å². The SMILES string of the molecule is CC(=O)c1c(F)cccc1-c1cccc(Cl)c1. The third kappa shape index (κ3) is 2.37. The molecule has 2 aromatic carbocycles. The molecule has 17 heavy (non-hydrogen) atoms. The van der Waals surface area contributed by atoms with Crippen molar-refractivity contribution in [1.82, 2.24) is 0 Å². The number of ketones is 1. The van der Waals surface area contributed by atoms with E-state index in [2.05, 4.69) is 0 Å². The Labute approximate surface area is 104 Å². The van der Waals surface area contributed by atoms with Gasteiger partial charge < -0.3 is 0 Å². The van der Waals surface area contributed by atoms with Crippen LogP contribution in [0.2, 0.25) is 5.02 Å². The van der Waals surface area contributed by atoms with E-state index in [-0.39, 0.29) is 11.3 Å². The van der Waals surface area contributed by atoms with Gasteiger partial charge >= 0.3 is 0 Å². The zero-order valence-corrected chi connectivity index (χ0v) is 9.96. The van der Waals surface area contributed by atoms with Gasteiger partial charge in [-0.3, -0.25) is 4.79 Å². The Balaban J connectivity index is 2.67. The van der Waals surface area contributed by atoms with E-state index < -0.39 is 5.82 Å². The Morgan fingerprint density at radius 2 is 1.88 bits per heavy atom. The van der Waals surface area contributed by atoms with Gasteiger partial charge in [0.25, 0.3) is 0 Å². The van der Waals surface area contributed by atoms with Gasteiger partial charge in [-0.05, 0) is 36.2 Å². The average molecular weight is 249 g/mol. The minimum absolute atomic E-state index is 0.106. The summed E-state index contributed by atoms with van der Waals surface area (Å²) in [4.78, 5) is 11.5. The summed E-state index contributed by atoms with van der Waals surface area (Å²) in [6.07, 6.45) is 0. The van der Waals surface area contributed by atoms with Gasteiger partial charge in [-0.15, -0.1) is 0 Å². The zero-order chi connectivity index (χ0) is 12.4. The van der Waals surface area contributed by atoms with Crippen molar-refractivity contribution in [2.45, 2.75) is 6.92 Å². The van der Waals surface area contributed by atoms with Crippen molar-refractivity contribution >= 4 is 17.4 Å². The smallest absolute Gasteiger partial charge is 0.163 e. The summed E-state index contributed by atoms with van der Waals surface area (Å²) in [5.74, 6) is -0.798. The maximum atomic E-state index is 13.6. The molecule has 0 aliphatic rings. The van der Waals surface area contributed by atoms with Crippen LogP contribution in [0.1, 0.15) is 17.3 Å². The summed E-state index contributed by atoms with van der Waals surface area (Å²) in [7, 11) is 0. The molecule has 0 N–H and O–H groups in total. The van der Waals surface area contributed by atoms with Crippen LogP contribution in [0.25, 0.3) is 11.1 Å². The van der Waals surface area contributed by atoms with Gasteiger partial charge in [0, 0.05) is 5.02 Å². The van der Waals surface area contributed by atoms with Crippen LogP contribution in [0.5, 0.6) is 0 Å². The van der Waals surface area contributed by atoms with Crippen molar-refractivity contribution in [1.29, 1.82) is 0 Å². The summed E-state index contributed by atoms with van der Waals surface area (Å²) >= 11 is 5.89. The Bertz CT molecular complexity index is 578. The predicted octanol–water partition coefficient (Wildman–Crippen LogP) is 4.35. The van der Waals surface area contributed by atoms with Crippen LogP contribution in [0.4, 0.5) is 4.39 Å². The van der Waals surface area contributed by atoms with Gasteiger partial charge in [0.2, 0.25) is 0 Å². The molecule has 0 heterocycles. The van der Waals surface area contributed by atoms with Crippen LogP contribution in [-0.4, -0.2) is 5.78 Å². The molecule has 0 unspecified atom stereocenters. The highest BCUT2D eigenvalue weighted by molar-refractivity contribution is 6.30. The van der Waals surface area contributed by atoms with Crippen LogP contribution in [-0.2, 0) is 0 Å². The molecule has 0 bridgehead atoms. The molecule has 3 heteroatoms. The van der Waals surface area contributed by atoms with Crippen molar-refractivity contribution in [2.75, 3.05) is 0 Å². The van der Waals surface area contributed by atoms with E-state index in [1.165, 1.54) is 13.0 Å². The molecule has 0 aliphatic heterocycles. The monoisotopic (exact) mass is 248 g/mol. The van der Waals surface area contributed by atoms with Crippen molar-refractivity contribution in [2.24, 2.45) is 0 Å². The first-order chi connectivity index (χ1) is 8.09. The van der Waals surface area contributed by atoms with E-state index in [1.807, 2.05) is 0 Å². The largest absolute Gasteiger partial charge is 0.294 e. The Kier molecular flexibility index (Phi) is 3.25. The third-order valence-electron chi connectivity index (χ3n) is 2.50. The first kappa shape index (κ1) is 11.8. The Morgan fingerprint density at radius 1 is 1.18 bits per heavy atom. The molecule has 0 atom stereocenters. The molecule has 0 aromatic heterocycles. The second-order valence-electron chi connectivity index (χ2n) is 3.73. The summed E-state index contributed by atoms with van der Waals surface area (Å²) in [5, 5.41) is 0.557. The molecule has 0 fully saturated rings. The Hall–Kier alpha value is -1.67. The van der Waals surface area contributed by atoms with Crippen molar-refractivity contribution in [3.8, 4) is 11.1 Å². The standard InChI is InChI=1S/C14H10ClFO/c1-9(17)14-12(6-3-7-13(14)16)10-4-2-5-11(15)8-10/h2-8H,1H3. The molecule has 0 radical (unpaired) electrons. The van der Waals surface area contributed by atoms with Crippen LogP contribution in [0.3, 0.4) is 0 Å². The Morgan fingerprint density at radius 3 is 2.53 bits per heavy atom. The van der Waals surface area contributed by atoms with Crippen molar-refractivity contribution in [3.05, 3.63) is 58.9 Å². The number of rotatable bonds is 2. The minimum Gasteiger partial charge on any atom is -0.294 e. The molecule has 2 rings (SSSR count). The number of Topliss-reactive ketones (excluding diaryl/α,β-unsaturated/α-hetero) is 1. The zero-order valence-electron chi connectivity index (χ0n) is 9.21. The van der Waals surface area contributed by atoms with E-state index >= 15 is 0 Å². The van der Waals surface area contributed by atoms with E-state index in [0.717, 1.165) is 5.56 Å². The lowest BCUT2D eigenvalue weighted by Gasteiger charge is -2.08. The predicted molar refractivity (Wildman–Crippen MR) is 66.9 cm³/mol. The summed E-state index contributed by atoms with van der Waals surface area (Å²) in [6, 6.07) is 11.6. The molecule has 0 spiro atoms. The maximum absolute atomic E-state index is 13.6. The molecule has 1 nitrogen and oxygen atoms in total. The highest BCUT2D eigenvalue weighted by Crippen LogP contribution is 2.28. The maximum Gasteiger partial charge on any atom is 0.163 e. The van der Waals surface area contributed by atoms with Crippen LogP contribution in [0, 0.1) is 5.82 Å². The summed E-state index contributed by atoms with van der Waals surface area (Å²) < 4.78 is 13.6. The molecule has 86 valence electrons. The van der Waals surface area contributed by atoms with Crippen molar-refractivity contribution < 1.29 is 9.18 Å². The van der Waals surface area contributed by atoms with Crippen LogP contribution in [0.15, 0.2) is 42.5 Å². The van der Waals surface area contributed by atoms with Gasteiger partial charge in [-0.1, -0.05) is 35.9 Å². The van der Waals surface area contributed by atoms with E-state index in [0.29, 0.717) is 10.6 Å². The van der Waals surface area contributed by atoms with E-state index in [4.69, 9.17) is 11.6 Å². The fourth-order valence-electron chi connectivity index (χ4n) is 1.78. The summed E-state index contributed by atoms with van der Waals surface area (Å²) in [6.45, 7) is 1.35. The number of carbonyl (C=O) groups excluding carboxylic acids is 1. The van der Waals surface area contributed by atoms with E-state index in [1.54, 1.807) is 36.4 Å². The fraction of sp³-hybridized carbons (Fsp3) is 0.0714. The lowest BCUT2D eigenvalue weighted by Crippen LogP contribution is -2.00.